The van der Waals surface area contributed by atoms with Gasteiger partial charge in [-0.1, -0.05) is 97.1 Å². The molecule has 55 heavy (non-hydrogen) atoms. The lowest BCUT2D eigenvalue weighted by molar-refractivity contribution is 0.668. The summed E-state index contributed by atoms with van der Waals surface area (Å²) in [6, 6.07) is 54.0. The van der Waals surface area contributed by atoms with E-state index in [4.69, 9.17) is 23.8 Å². The van der Waals surface area contributed by atoms with E-state index >= 15 is 0 Å². The Labute approximate surface area is 312 Å². The fraction of sp³-hybridized carbons (Fsp3) is 0. The molecule has 0 aliphatic heterocycles. The molecule has 0 amide bonds. The van der Waals surface area contributed by atoms with Crippen molar-refractivity contribution < 1.29 is 8.83 Å². The summed E-state index contributed by atoms with van der Waals surface area (Å²) < 4.78 is 14.9. The van der Waals surface area contributed by atoms with E-state index in [1.165, 1.54) is 10.8 Å². The number of benzene rings is 7. The first kappa shape index (κ1) is 29.9. The number of furan rings is 2. The zero-order valence-corrected chi connectivity index (χ0v) is 29.1. The minimum absolute atomic E-state index is 0.538. The summed E-state index contributed by atoms with van der Waals surface area (Å²) >= 11 is 0. The van der Waals surface area contributed by atoms with Crippen LogP contribution in [0.3, 0.4) is 0 Å². The molecule has 0 unspecified atom stereocenters. The average Bonchev–Trinajstić information content (AvgIpc) is 3.92. The molecule has 7 aromatic carbocycles. The molecule has 7 heteroatoms. The Balaban J connectivity index is 1.12. The number of nitrogens with zero attached hydrogens (tertiary/aromatic N) is 5. The van der Waals surface area contributed by atoms with Gasteiger partial charge in [0.2, 0.25) is 0 Å². The highest BCUT2D eigenvalue weighted by Crippen LogP contribution is 2.40. The maximum Gasteiger partial charge on any atom is 0.164 e. The number of fused-ring (bicyclic) bond motifs is 10. The van der Waals surface area contributed by atoms with Crippen molar-refractivity contribution in [1.29, 1.82) is 0 Å². The molecule has 0 N–H and O–H groups in total. The third-order valence-electron chi connectivity index (χ3n) is 10.7. The molecule has 7 nitrogen and oxygen atoms in total. The molecule has 0 atom stereocenters. The van der Waals surface area contributed by atoms with E-state index in [0.717, 1.165) is 88.2 Å². The first-order chi connectivity index (χ1) is 27.3. The van der Waals surface area contributed by atoms with Gasteiger partial charge in [-0.05, 0) is 66.0 Å². The number of rotatable bonds is 4. The summed E-state index contributed by atoms with van der Waals surface area (Å²) in [7, 11) is 0. The van der Waals surface area contributed by atoms with Gasteiger partial charge in [0.1, 0.15) is 22.3 Å². The van der Waals surface area contributed by atoms with Crippen LogP contribution in [-0.4, -0.2) is 24.5 Å². The quantitative estimate of drug-likeness (QED) is 0.181. The molecule has 0 radical (unpaired) electrons. The van der Waals surface area contributed by atoms with Crippen molar-refractivity contribution in [3.8, 4) is 39.9 Å². The van der Waals surface area contributed by atoms with Crippen LogP contribution in [0.15, 0.2) is 173 Å². The standard InChI is InChI=1S/C48H27N5O2/c1-2-12-30-29(11-1)33(24-25-39(30)53-37-17-6-3-13-31(37)32-14-4-7-18-38(32)53)47-50-46(28-22-23-35-43(27-28)55-42-21-10-26-49-45(35)42)51-48(52-47)36-16-9-20-41-44(36)34-15-5-8-19-40(34)54-41/h1-27H. The van der Waals surface area contributed by atoms with Crippen LogP contribution in [0.2, 0.25) is 0 Å². The monoisotopic (exact) mass is 705 g/mol. The van der Waals surface area contributed by atoms with Gasteiger partial charge in [0.15, 0.2) is 23.1 Å². The van der Waals surface area contributed by atoms with Gasteiger partial charge in [0.25, 0.3) is 0 Å². The first-order valence-electron chi connectivity index (χ1n) is 18.2. The Morgan fingerprint density at radius 3 is 1.85 bits per heavy atom. The normalized spacial score (nSPS) is 12.0. The molecule has 0 bridgehead atoms. The van der Waals surface area contributed by atoms with Gasteiger partial charge in [-0.25, -0.2) is 15.0 Å². The van der Waals surface area contributed by atoms with E-state index in [0.29, 0.717) is 17.5 Å². The molecule has 5 heterocycles. The second-order valence-corrected chi connectivity index (χ2v) is 13.8. The van der Waals surface area contributed by atoms with E-state index < -0.39 is 0 Å². The number of hydrogen-bond donors (Lipinski definition) is 0. The molecule has 0 aliphatic carbocycles. The fourth-order valence-corrected chi connectivity index (χ4v) is 8.30. The van der Waals surface area contributed by atoms with E-state index in [9.17, 15) is 0 Å². The Morgan fingerprint density at radius 1 is 0.400 bits per heavy atom. The van der Waals surface area contributed by atoms with Crippen molar-refractivity contribution >= 4 is 76.6 Å². The zero-order valence-electron chi connectivity index (χ0n) is 29.1. The molecule has 256 valence electrons. The molecule has 0 saturated heterocycles. The summed E-state index contributed by atoms with van der Waals surface area (Å²) in [5, 5.41) is 7.48. The van der Waals surface area contributed by atoms with Crippen molar-refractivity contribution in [1.82, 2.24) is 24.5 Å². The summed E-state index contributed by atoms with van der Waals surface area (Å²) in [6.45, 7) is 0. The van der Waals surface area contributed by atoms with Crippen LogP contribution in [0.1, 0.15) is 0 Å². The molecule has 5 aromatic heterocycles. The summed E-state index contributed by atoms with van der Waals surface area (Å²) in [5.74, 6) is 1.66. The van der Waals surface area contributed by atoms with Crippen molar-refractivity contribution in [2.24, 2.45) is 0 Å². The van der Waals surface area contributed by atoms with Gasteiger partial charge in [-0.15, -0.1) is 0 Å². The van der Waals surface area contributed by atoms with Crippen LogP contribution in [-0.2, 0) is 0 Å². The van der Waals surface area contributed by atoms with E-state index in [2.05, 4.69) is 107 Å². The third kappa shape index (κ3) is 4.44. The molecular formula is C48H27N5O2. The third-order valence-corrected chi connectivity index (χ3v) is 10.7. The van der Waals surface area contributed by atoms with Crippen LogP contribution in [0.25, 0.3) is 116 Å². The summed E-state index contributed by atoms with van der Waals surface area (Å²) in [5.41, 5.74) is 9.86. The van der Waals surface area contributed by atoms with Crippen molar-refractivity contribution in [3.05, 3.63) is 164 Å². The smallest absolute Gasteiger partial charge is 0.164 e. The molecule has 0 spiro atoms. The van der Waals surface area contributed by atoms with Crippen molar-refractivity contribution in [2.45, 2.75) is 0 Å². The maximum atomic E-state index is 6.30. The summed E-state index contributed by atoms with van der Waals surface area (Å²) in [6.07, 6.45) is 1.78. The Bertz CT molecular complexity index is 3470. The van der Waals surface area contributed by atoms with E-state index in [-0.39, 0.29) is 0 Å². The second-order valence-electron chi connectivity index (χ2n) is 13.8. The molecule has 0 aliphatic rings. The maximum absolute atomic E-state index is 6.30. The lowest BCUT2D eigenvalue weighted by Crippen LogP contribution is -2.02. The summed E-state index contributed by atoms with van der Waals surface area (Å²) in [4.78, 5) is 20.2. The molecule has 12 rings (SSSR count). The SMILES string of the molecule is c1ccc2c(c1)oc1cccc(-c3nc(-c4ccc5c(c4)oc4cccnc45)nc(-c4ccc(-n5c6ccccc6c6ccccc65)c5ccccc45)n3)c12. The van der Waals surface area contributed by atoms with Gasteiger partial charge < -0.3 is 13.4 Å². The molecule has 12 aromatic rings. The average molecular weight is 706 g/mol. The number of hydrogen-bond acceptors (Lipinski definition) is 6. The van der Waals surface area contributed by atoms with E-state index in [1.54, 1.807) is 6.20 Å². The predicted octanol–water partition coefficient (Wildman–Crippen LogP) is 12.3. The van der Waals surface area contributed by atoms with Crippen LogP contribution in [0, 0.1) is 0 Å². The minimum atomic E-state index is 0.538. The van der Waals surface area contributed by atoms with Crippen LogP contribution in [0.4, 0.5) is 0 Å². The highest BCUT2D eigenvalue weighted by molar-refractivity contribution is 6.13. The largest absolute Gasteiger partial charge is 0.456 e. The van der Waals surface area contributed by atoms with Crippen molar-refractivity contribution in [2.75, 3.05) is 0 Å². The topological polar surface area (TPSA) is 82.8 Å². The Kier molecular flexibility index (Phi) is 6.21. The van der Waals surface area contributed by atoms with Gasteiger partial charge in [0.05, 0.1) is 16.7 Å². The van der Waals surface area contributed by atoms with Gasteiger partial charge in [-0.2, -0.15) is 0 Å². The van der Waals surface area contributed by atoms with Crippen LogP contribution < -0.4 is 0 Å². The minimum Gasteiger partial charge on any atom is -0.456 e. The Morgan fingerprint density at radius 2 is 1.04 bits per heavy atom. The Hall–Kier alpha value is -7.64. The highest BCUT2D eigenvalue weighted by Gasteiger charge is 2.21. The lowest BCUT2D eigenvalue weighted by atomic mass is 10.0. The van der Waals surface area contributed by atoms with Gasteiger partial charge in [-0.3, -0.25) is 4.98 Å². The molecule has 0 saturated carbocycles. The fourth-order valence-electron chi connectivity index (χ4n) is 8.30. The number of pyridine rings is 1. The molecular weight excluding hydrogens is 679 g/mol. The van der Waals surface area contributed by atoms with Crippen molar-refractivity contribution in [3.63, 3.8) is 0 Å². The highest BCUT2D eigenvalue weighted by atomic mass is 16.3. The second kappa shape index (κ2) is 11.4. The first-order valence-corrected chi connectivity index (χ1v) is 18.2. The lowest BCUT2D eigenvalue weighted by Gasteiger charge is -2.15. The number of aromatic nitrogens is 5. The van der Waals surface area contributed by atoms with Gasteiger partial charge in [0, 0.05) is 55.2 Å². The zero-order chi connectivity index (χ0) is 36.0. The molecule has 0 fully saturated rings. The van der Waals surface area contributed by atoms with E-state index in [1.807, 2.05) is 60.7 Å². The number of para-hydroxylation sites is 3. The van der Waals surface area contributed by atoms with Gasteiger partial charge >= 0.3 is 0 Å². The predicted molar refractivity (Wildman–Crippen MR) is 220 cm³/mol. The van der Waals surface area contributed by atoms with Crippen LogP contribution >= 0.6 is 0 Å². The van der Waals surface area contributed by atoms with Crippen LogP contribution in [0.5, 0.6) is 0 Å².